The average molecular weight is 244 g/mol. The molecule has 0 bridgehead atoms. The van der Waals surface area contributed by atoms with E-state index in [1.807, 2.05) is 6.92 Å². The van der Waals surface area contributed by atoms with Crippen molar-refractivity contribution < 1.29 is 9.90 Å². The zero-order valence-electron chi connectivity index (χ0n) is 8.98. The monoisotopic (exact) mass is 243 g/mol. The standard InChI is InChI=1S/C10H14ClN3O2/c1-7(3-2-4-15)14-10(16)8-5-13-9(11)6-12-8/h5-7,15H,2-4H2,1H3,(H,14,16)/t7-/m0/s1. The van der Waals surface area contributed by atoms with E-state index in [-0.39, 0.29) is 29.4 Å². The number of halogens is 1. The number of hydrogen-bond donors (Lipinski definition) is 2. The first-order valence-electron chi connectivity index (χ1n) is 5.02. The lowest BCUT2D eigenvalue weighted by Crippen LogP contribution is -2.33. The molecule has 0 spiro atoms. The largest absolute Gasteiger partial charge is 0.396 e. The maximum absolute atomic E-state index is 11.6. The summed E-state index contributed by atoms with van der Waals surface area (Å²) >= 11 is 5.56. The number of hydrogen-bond acceptors (Lipinski definition) is 4. The second-order valence-electron chi connectivity index (χ2n) is 3.46. The van der Waals surface area contributed by atoms with Gasteiger partial charge in [-0.3, -0.25) is 4.79 Å². The van der Waals surface area contributed by atoms with Crippen LogP contribution in [0.5, 0.6) is 0 Å². The fourth-order valence-electron chi connectivity index (χ4n) is 1.20. The number of amides is 1. The number of nitrogens with zero attached hydrogens (tertiary/aromatic N) is 2. The molecule has 0 radical (unpaired) electrons. The third kappa shape index (κ3) is 4.12. The Kier molecular flexibility index (Phi) is 5.14. The lowest BCUT2D eigenvalue weighted by atomic mass is 10.2. The summed E-state index contributed by atoms with van der Waals surface area (Å²) in [6.45, 7) is 2.00. The molecule has 0 unspecified atom stereocenters. The van der Waals surface area contributed by atoms with Crippen LogP contribution in [0.3, 0.4) is 0 Å². The Balaban J connectivity index is 2.48. The molecule has 0 saturated carbocycles. The van der Waals surface area contributed by atoms with Crippen molar-refractivity contribution in [2.45, 2.75) is 25.8 Å². The Morgan fingerprint density at radius 3 is 2.88 bits per heavy atom. The van der Waals surface area contributed by atoms with Crippen molar-refractivity contribution in [2.75, 3.05) is 6.61 Å². The maximum atomic E-state index is 11.6. The van der Waals surface area contributed by atoms with Gasteiger partial charge in [0.25, 0.3) is 5.91 Å². The average Bonchev–Trinajstić information content (AvgIpc) is 2.27. The highest BCUT2D eigenvalue weighted by atomic mass is 35.5. The first-order valence-corrected chi connectivity index (χ1v) is 5.40. The van der Waals surface area contributed by atoms with Gasteiger partial charge >= 0.3 is 0 Å². The van der Waals surface area contributed by atoms with Crippen molar-refractivity contribution in [2.24, 2.45) is 0 Å². The van der Waals surface area contributed by atoms with Crippen LogP contribution in [0.2, 0.25) is 5.15 Å². The van der Waals surface area contributed by atoms with E-state index in [2.05, 4.69) is 15.3 Å². The number of aromatic nitrogens is 2. The molecule has 6 heteroatoms. The van der Waals surface area contributed by atoms with Crippen molar-refractivity contribution in [3.63, 3.8) is 0 Å². The molecule has 1 amide bonds. The van der Waals surface area contributed by atoms with Crippen LogP contribution >= 0.6 is 11.6 Å². The van der Waals surface area contributed by atoms with Crippen molar-refractivity contribution in [1.82, 2.24) is 15.3 Å². The van der Waals surface area contributed by atoms with Crippen LogP contribution in [0.15, 0.2) is 12.4 Å². The molecule has 5 nitrogen and oxygen atoms in total. The number of carbonyl (C=O) groups excluding carboxylic acids is 1. The Bertz CT molecular complexity index is 342. The van der Waals surface area contributed by atoms with Gasteiger partial charge in [-0.25, -0.2) is 9.97 Å². The van der Waals surface area contributed by atoms with Crippen LogP contribution in [0.25, 0.3) is 0 Å². The summed E-state index contributed by atoms with van der Waals surface area (Å²) in [5.41, 5.74) is 0.236. The predicted octanol–water partition coefficient (Wildman–Crippen LogP) is 1.02. The topological polar surface area (TPSA) is 75.1 Å². The molecule has 1 aromatic rings. The Morgan fingerprint density at radius 1 is 1.56 bits per heavy atom. The van der Waals surface area contributed by atoms with Crippen LogP contribution in [-0.2, 0) is 0 Å². The van der Waals surface area contributed by atoms with Crippen LogP contribution in [-0.4, -0.2) is 33.6 Å². The molecule has 1 atom stereocenters. The summed E-state index contributed by atoms with van der Waals surface area (Å²) in [5, 5.41) is 11.7. The van der Waals surface area contributed by atoms with Crippen LogP contribution < -0.4 is 5.32 Å². The van der Waals surface area contributed by atoms with Gasteiger partial charge in [-0.1, -0.05) is 11.6 Å². The van der Waals surface area contributed by atoms with Gasteiger partial charge in [0.15, 0.2) is 0 Å². The quantitative estimate of drug-likeness (QED) is 0.810. The van der Waals surface area contributed by atoms with Crippen molar-refractivity contribution in [3.05, 3.63) is 23.2 Å². The van der Waals surface area contributed by atoms with Gasteiger partial charge in [0.1, 0.15) is 10.8 Å². The van der Waals surface area contributed by atoms with Gasteiger partial charge in [-0.05, 0) is 19.8 Å². The molecule has 0 aromatic carbocycles. The van der Waals surface area contributed by atoms with Crippen molar-refractivity contribution in [3.8, 4) is 0 Å². The summed E-state index contributed by atoms with van der Waals surface area (Å²) < 4.78 is 0. The molecule has 88 valence electrons. The molecular weight excluding hydrogens is 230 g/mol. The fraction of sp³-hybridized carbons (Fsp3) is 0.500. The first-order chi connectivity index (χ1) is 7.63. The molecule has 1 aromatic heterocycles. The molecule has 0 fully saturated rings. The SMILES string of the molecule is C[C@@H](CCCO)NC(=O)c1cnc(Cl)cn1. The second-order valence-corrected chi connectivity index (χ2v) is 3.85. The lowest BCUT2D eigenvalue weighted by molar-refractivity contribution is 0.0931. The summed E-state index contributed by atoms with van der Waals surface area (Å²) in [7, 11) is 0. The predicted molar refractivity (Wildman–Crippen MR) is 60.3 cm³/mol. The van der Waals surface area contributed by atoms with Crippen LogP contribution in [0.1, 0.15) is 30.3 Å². The molecule has 0 aliphatic carbocycles. The summed E-state index contributed by atoms with van der Waals surface area (Å²) in [5.74, 6) is -0.283. The fourth-order valence-corrected chi connectivity index (χ4v) is 1.29. The molecule has 1 heterocycles. The highest BCUT2D eigenvalue weighted by molar-refractivity contribution is 6.29. The van der Waals surface area contributed by atoms with Gasteiger partial charge < -0.3 is 10.4 Å². The normalized spacial score (nSPS) is 12.2. The van der Waals surface area contributed by atoms with Gasteiger partial charge in [-0.15, -0.1) is 0 Å². The zero-order chi connectivity index (χ0) is 12.0. The first kappa shape index (κ1) is 12.9. The van der Waals surface area contributed by atoms with Crippen LogP contribution in [0, 0.1) is 0 Å². The van der Waals surface area contributed by atoms with E-state index in [4.69, 9.17) is 16.7 Å². The summed E-state index contributed by atoms with van der Waals surface area (Å²) in [6, 6.07) is -0.00266. The number of aliphatic hydroxyl groups is 1. The van der Waals surface area contributed by atoms with E-state index in [0.29, 0.717) is 6.42 Å². The minimum absolute atomic E-state index is 0.00266. The Morgan fingerprint density at radius 2 is 2.31 bits per heavy atom. The van der Waals surface area contributed by atoms with E-state index in [1.165, 1.54) is 12.4 Å². The highest BCUT2D eigenvalue weighted by Crippen LogP contribution is 2.02. The Hall–Kier alpha value is -1.20. The molecule has 0 saturated heterocycles. The minimum Gasteiger partial charge on any atom is -0.396 e. The van der Waals surface area contributed by atoms with Gasteiger partial charge in [0.05, 0.1) is 12.4 Å². The highest BCUT2D eigenvalue weighted by Gasteiger charge is 2.10. The molecule has 1 rings (SSSR count). The molecule has 16 heavy (non-hydrogen) atoms. The molecule has 0 aliphatic rings. The van der Waals surface area contributed by atoms with Crippen LogP contribution in [0.4, 0.5) is 0 Å². The zero-order valence-corrected chi connectivity index (χ0v) is 9.74. The van der Waals surface area contributed by atoms with E-state index in [9.17, 15) is 4.79 Å². The Labute approximate surface area is 98.9 Å². The summed E-state index contributed by atoms with van der Waals surface area (Å²) in [4.78, 5) is 19.2. The third-order valence-corrected chi connectivity index (χ3v) is 2.22. The van der Waals surface area contributed by atoms with E-state index >= 15 is 0 Å². The third-order valence-electron chi connectivity index (χ3n) is 2.03. The molecule has 0 aliphatic heterocycles. The minimum atomic E-state index is -0.283. The van der Waals surface area contributed by atoms with Crippen molar-refractivity contribution in [1.29, 1.82) is 0 Å². The molecule has 2 N–H and O–H groups in total. The number of aliphatic hydroxyl groups excluding tert-OH is 1. The lowest BCUT2D eigenvalue weighted by Gasteiger charge is -2.12. The second kappa shape index (κ2) is 6.40. The smallest absolute Gasteiger partial charge is 0.271 e. The summed E-state index contributed by atoms with van der Waals surface area (Å²) in [6.07, 6.45) is 4.04. The number of rotatable bonds is 5. The van der Waals surface area contributed by atoms with E-state index < -0.39 is 0 Å². The van der Waals surface area contributed by atoms with Crippen molar-refractivity contribution >= 4 is 17.5 Å². The maximum Gasteiger partial charge on any atom is 0.271 e. The van der Waals surface area contributed by atoms with Gasteiger partial charge in [-0.2, -0.15) is 0 Å². The van der Waals surface area contributed by atoms with Gasteiger partial charge in [0.2, 0.25) is 0 Å². The van der Waals surface area contributed by atoms with E-state index in [1.54, 1.807) is 0 Å². The number of carbonyl (C=O) groups is 1. The van der Waals surface area contributed by atoms with E-state index in [0.717, 1.165) is 6.42 Å². The number of nitrogens with one attached hydrogen (secondary N) is 1. The van der Waals surface area contributed by atoms with Gasteiger partial charge in [0, 0.05) is 12.6 Å². The molecular formula is C10H14ClN3O2.